The molecule has 0 spiro atoms. The van der Waals surface area contributed by atoms with E-state index in [1.54, 1.807) is 0 Å². The number of aromatic nitrogens is 2. The van der Waals surface area contributed by atoms with Gasteiger partial charge in [-0.05, 0) is 44.0 Å². The van der Waals surface area contributed by atoms with Gasteiger partial charge in [-0.2, -0.15) is 4.98 Å². The Hall–Kier alpha value is -1.13. The van der Waals surface area contributed by atoms with Crippen LogP contribution >= 0.6 is 27.5 Å². The lowest BCUT2D eigenvalue weighted by Gasteiger charge is -2.12. The zero-order valence-electron chi connectivity index (χ0n) is 11.7. The summed E-state index contributed by atoms with van der Waals surface area (Å²) in [6.45, 7) is 5.93. The molecule has 2 aromatic rings. The number of nitrogens with zero attached hydrogens (tertiary/aromatic N) is 2. The fourth-order valence-corrected chi connectivity index (χ4v) is 2.43. The third-order valence-corrected chi connectivity index (χ3v) is 3.77. The molecule has 0 saturated carbocycles. The van der Waals surface area contributed by atoms with Gasteiger partial charge in [0.05, 0.1) is 0 Å². The standard InChI is InChI=1S/C15H16BrClN2O/c1-4-5-13-18-14(17)10(3)15(19-13)20-12-7-6-11(16)8-9(12)2/h6-8H,4-5H2,1-3H3. The summed E-state index contributed by atoms with van der Waals surface area (Å²) in [5.41, 5.74) is 1.79. The van der Waals surface area contributed by atoms with Gasteiger partial charge in [0.25, 0.3) is 0 Å². The van der Waals surface area contributed by atoms with Crippen LogP contribution in [0.2, 0.25) is 5.15 Å². The van der Waals surface area contributed by atoms with Gasteiger partial charge < -0.3 is 4.74 Å². The van der Waals surface area contributed by atoms with Crippen molar-refractivity contribution in [2.75, 3.05) is 0 Å². The zero-order valence-corrected chi connectivity index (χ0v) is 14.0. The van der Waals surface area contributed by atoms with Gasteiger partial charge in [-0.3, -0.25) is 0 Å². The second-order valence-electron chi connectivity index (χ2n) is 4.62. The highest BCUT2D eigenvalue weighted by molar-refractivity contribution is 9.10. The van der Waals surface area contributed by atoms with Crippen molar-refractivity contribution in [1.82, 2.24) is 9.97 Å². The number of hydrogen-bond acceptors (Lipinski definition) is 3. The summed E-state index contributed by atoms with van der Waals surface area (Å²) >= 11 is 9.59. The van der Waals surface area contributed by atoms with Crippen LogP contribution in [0.25, 0.3) is 0 Å². The van der Waals surface area contributed by atoms with Gasteiger partial charge in [0, 0.05) is 16.5 Å². The van der Waals surface area contributed by atoms with E-state index in [1.165, 1.54) is 0 Å². The average Bonchev–Trinajstić information content (AvgIpc) is 2.39. The normalized spacial score (nSPS) is 10.7. The highest BCUT2D eigenvalue weighted by Crippen LogP contribution is 2.30. The molecular weight excluding hydrogens is 340 g/mol. The number of rotatable bonds is 4. The van der Waals surface area contributed by atoms with Gasteiger partial charge in [-0.15, -0.1) is 0 Å². The molecule has 1 aromatic carbocycles. The minimum Gasteiger partial charge on any atom is -0.438 e. The van der Waals surface area contributed by atoms with Crippen LogP contribution in [0, 0.1) is 13.8 Å². The van der Waals surface area contributed by atoms with Gasteiger partial charge in [-0.1, -0.05) is 34.5 Å². The van der Waals surface area contributed by atoms with E-state index in [2.05, 4.69) is 32.8 Å². The summed E-state index contributed by atoms with van der Waals surface area (Å²) in [6.07, 6.45) is 1.76. The highest BCUT2D eigenvalue weighted by Gasteiger charge is 2.12. The van der Waals surface area contributed by atoms with Crippen LogP contribution in [0.5, 0.6) is 11.6 Å². The van der Waals surface area contributed by atoms with Gasteiger partial charge in [0.1, 0.15) is 16.7 Å². The molecule has 0 amide bonds. The van der Waals surface area contributed by atoms with Crippen molar-refractivity contribution in [2.24, 2.45) is 0 Å². The van der Waals surface area contributed by atoms with Crippen molar-refractivity contribution >= 4 is 27.5 Å². The van der Waals surface area contributed by atoms with E-state index in [-0.39, 0.29) is 0 Å². The van der Waals surface area contributed by atoms with Crippen LogP contribution in [0.15, 0.2) is 22.7 Å². The van der Waals surface area contributed by atoms with Crippen LogP contribution in [-0.2, 0) is 6.42 Å². The van der Waals surface area contributed by atoms with E-state index < -0.39 is 0 Å². The average molecular weight is 356 g/mol. The van der Waals surface area contributed by atoms with Gasteiger partial charge in [0.15, 0.2) is 0 Å². The minimum absolute atomic E-state index is 0.452. The summed E-state index contributed by atoms with van der Waals surface area (Å²) in [7, 11) is 0. The zero-order chi connectivity index (χ0) is 14.7. The Labute approximate surface area is 132 Å². The Bertz CT molecular complexity index is 632. The van der Waals surface area contributed by atoms with E-state index in [4.69, 9.17) is 16.3 Å². The summed E-state index contributed by atoms with van der Waals surface area (Å²) < 4.78 is 6.93. The van der Waals surface area contributed by atoms with Crippen LogP contribution < -0.4 is 4.74 Å². The van der Waals surface area contributed by atoms with Gasteiger partial charge in [-0.25, -0.2) is 4.98 Å². The van der Waals surface area contributed by atoms with E-state index >= 15 is 0 Å². The van der Waals surface area contributed by atoms with Crippen LogP contribution in [0.3, 0.4) is 0 Å². The molecular formula is C15H16BrClN2O. The van der Waals surface area contributed by atoms with E-state index in [9.17, 15) is 0 Å². The van der Waals surface area contributed by atoms with Gasteiger partial charge in [0.2, 0.25) is 5.88 Å². The second-order valence-corrected chi connectivity index (χ2v) is 5.90. The van der Waals surface area contributed by atoms with E-state index in [0.717, 1.165) is 34.2 Å². The maximum atomic E-state index is 6.15. The fourth-order valence-electron chi connectivity index (χ4n) is 1.78. The lowest BCUT2D eigenvalue weighted by atomic mass is 10.2. The lowest BCUT2D eigenvalue weighted by Crippen LogP contribution is -2.01. The fraction of sp³-hybridized carbons (Fsp3) is 0.333. The number of benzene rings is 1. The predicted molar refractivity (Wildman–Crippen MR) is 84.7 cm³/mol. The van der Waals surface area contributed by atoms with Crippen molar-refractivity contribution < 1.29 is 4.74 Å². The molecule has 0 radical (unpaired) electrons. The molecule has 1 heterocycles. The summed E-state index contributed by atoms with van der Waals surface area (Å²) in [6, 6.07) is 5.85. The van der Waals surface area contributed by atoms with Crippen LogP contribution in [-0.4, -0.2) is 9.97 Å². The van der Waals surface area contributed by atoms with E-state index in [0.29, 0.717) is 16.9 Å². The maximum absolute atomic E-state index is 6.15. The van der Waals surface area contributed by atoms with Crippen molar-refractivity contribution in [2.45, 2.75) is 33.6 Å². The Morgan fingerprint density at radius 3 is 2.65 bits per heavy atom. The van der Waals surface area contributed by atoms with Crippen molar-refractivity contribution in [1.29, 1.82) is 0 Å². The Morgan fingerprint density at radius 1 is 1.25 bits per heavy atom. The van der Waals surface area contributed by atoms with Crippen LogP contribution in [0.4, 0.5) is 0 Å². The molecule has 106 valence electrons. The lowest BCUT2D eigenvalue weighted by molar-refractivity contribution is 0.450. The molecule has 0 aliphatic carbocycles. The monoisotopic (exact) mass is 354 g/mol. The first kappa shape index (κ1) is 15.3. The molecule has 0 atom stereocenters. The minimum atomic E-state index is 0.452. The number of ether oxygens (including phenoxy) is 1. The first-order valence-electron chi connectivity index (χ1n) is 6.48. The predicted octanol–water partition coefficient (Wildman–Crippen LogP) is 5.25. The largest absolute Gasteiger partial charge is 0.438 e. The second kappa shape index (κ2) is 6.55. The maximum Gasteiger partial charge on any atom is 0.227 e. The Kier molecular flexibility index (Phi) is 5.00. The van der Waals surface area contributed by atoms with Gasteiger partial charge >= 0.3 is 0 Å². The van der Waals surface area contributed by atoms with Crippen molar-refractivity contribution in [3.63, 3.8) is 0 Å². The molecule has 0 aliphatic heterocycles. The molecule has 0 fully saturated rings. The molecule has 0 aliphatic rings. The SMILES string of the molecule is CCCc1nc(Cl)c(C)c(Oc2ccc(Br)cc2C)n1. The molecule has 5 heteroatoms. The molecule has 0 bridgehead atoms. The van der Waals surface area contributed by atoms with Crippen molar-refractivity contribution in [3.05, 3.63) is 44.8 Å². The molecule has 20 heavy (non-hydrogen) atoms. The summed E-state index contributed by atoms with van der Waals surface area (Å²) in [5, 5.41) is 0.452. The highest BCUT2D eigenvalue weighted by atomic mass is 79.9. The Balaban J connectivity index is 2.37. The summed E-state index contributed by atoms with van der Waals surface area (Å²) in [4.78, 5) is 8.72. The van der Waals surface area contributed by atoms with Crippen molar-refractivity contribution in [3.8, 4) is 11.6 Å². The Morgan fingerprint density at radius 2 is 2.00 bits per heavy atom. The third-order valence-electron chi connectivity index (χ3n) is 2.91. The van der Waals surface area contributed by atoms with E-state index in [1.807, 2.05) is 32.0 Å². The quantitative estimate of drug-likeness (QED) is 0.702. The topological polar surface area (TPSA) is 35.0 Å². The third kappa shape index (κ3) is 3.49. The first-order valence-corrected chi connectivity index (χ1v) is 7.65. The molecule has 2 rings (SSSR count). The summed E-state index contributed by atoms with van der Waals surface area (Å²) in [5.74, 6) is 2.01. The van der Waals surface area contributed by atoms with Crippen LogP contribution in [0.1, 0.15) is 30.3 Å². The smallest absolute Gasteiger partial charge is 0.227 e. The number of aryl methyl sites for hydroxylation is 2. The number of halogens is 2. The first-order chi connectivity index (χ1) is 9.51. The molecule has 0 N–H and O–H groups in total. The number of hydrogen-bond donors (Lipinski definition) is 0. The molecule has 0 unspecified atom stereocenters. The molecule has 3 nitrogen and oxygen atoms in total. The molecule has 1 aromatic heterocycles. The molecule has 0 saturated heterocycles.